The first-order chi connectivity index (χ1) is 12.3. The van der Waals surface area contributed by atoms with Gasteiger partial charge in [-0.25, -0.2) is 4.98 Å². The van der Waals surface area contributed by atoms with E-state index in [1.54, 1.807) is 6.20 Å². The third-order valence-corrected chi connectivity index (χ3v) is 4.17. The van der Waals surface area contributed by atoms with Crippen LogP contribution in [0, 0.1) is 10.1 Å². The first kappa shape index (κ1) is 19.6. The van der Waals surface area contributed by atoms with E-state index in [4.69, 9.17) is 0 Å². The second-order valence-corrected chi connectivity index (χ2v) is 6.17. The number of carbonyl (C=O) groups is 1. The minimum absolute atomic E-state index is 0.0239. The zero-order valence-electron chi connectivity index (χ0n) is 13.4. The second kappa shape index (κ2) is 8.61. The molecule has 0 aliphatic rings. The van der Waals surface area contributed by atoms with Gasteiger partial charge >= 0.3 is 6.18 Å². The molecule has 0 aliphatic carbocycles. The Bertz CT molecular complexity index is 766. The Hall–Kier alpha value is -2.69. The van der Waals surface area contributed by atoms with Gasteiger partial charge in [-0.15, -0.1) is 11.3 Å². The molecular formula is C15H15F3N4O3S. The molecule has 0 saturated heterocycles. The van der Waals surface area contributed by atoms with Crippen LogP contribution in [0.2, 0.25) is 0 Å². The minimum atomic E-state index is -4.67. The highest BCUT2D eigenvalue weighted by atomic mass is 32.1. The van der Waals surface area contributed by atoms with Crippen molar-refractivity contribution < 1.29 is 22.9 Å². The predicted octanol–water partition coefficient (Wildman–Crippen LogP) is 3.23. The Morgan fingerprint density at radius 2 is 2.08 bits per heavy atom. The summed E-state index contributed by atoms with van der Waals surface area (Å²) in [6.07, 6.45) is -2.37. The number of hydrogen-bond acceptors (Lipinski definition) is 6. The molecule has 0 bridgehead atoms. The van der Waals surface area contributed by atoms with E-state index < -0.39 is 22.4 Å². The normalized spacial score (nSPS) is 11.2. The average Bonchev–Trinajstić information content (AvgIpc) is 3.07. The van der Waals surface area contributed by atoms with Gasteiger partial charge in [-0.1, -0.05) is 0 Å². The molecule has 1 amide bonds. The lowest BCUT2D eigenvalue weighted by Crippen LogP contribution is -2.27. The van der Waals surface area contributed by atoms with E-state index in [-0.39, 0.29) is 24.6 Å². The van der Waals surface area contributed by atoms with Crippen LogP contribution in [-0.4, -0.2) is 28.9 Å². The molecule has 2 N–H and O–H groups in total. The van der Waals surface area contributed by atoms with Gasteiger partial charge in [0.15, 0.2) is 0 Å². The number of aromatic nitrogens is 1. The summed E-state index contributed by atoms with van der Waals surface area (Å²) in [4.78, 5) is 25.9. The number of thiazole rings is 1. The minimum Gasteiger partial charge on any atom is -0.379 e. The van der Waals surface area contributed by atoms with E-state index in [0.29, 0.717) is 19.0 Å². The second-order valence-electron chi connectivity index (χ2n) is 5.19. The molecule has 0 unspecified atom stereocenters. The molecular weight excluding hydrogens is 373 g/mol. The number of amides is 1. The summed E-state index contributed by atoms with van der Waals surface area (Å²) in [6, 6.07) is 2.21. The summed E-state index contributed by atoms with van der Waals surface area (Å²) in [6.45, 7) is 0.460. The van der Waals surface area contributed by atoms with E-state index in [9.17, 15) is 28.1 Å². The van der Waals surface area contributed by atoms with Gasteiger partial charge in [0.05, 0.1) is 15.5 Å². The van der Waals surface area contributed by atoms with Gasteiger partial charge in [-0.05, 0) is 12.1 Å². The number of hydrogen-bond donors (Lipinski definition) is 2. The maximum absolute atomic E-state index is 12.6. The first-order valence-electron chi connectivity index (χ1n) is 7.52. The smallest absolute Gasteiger partial charge is 0.379 e. The van der Waals surface area contributed by atoms with Crippen LogP contribution in [0.4, 0.5) is 24.5 Å². The maximum atomic E-state index is 12.6. The fourth-order valence-electron chi connectivity index (χ4n) is 2.09. The van der Waals surface area contributed by atoms with Crippen molar-refractivity contribution in [2.75, 3.05) is 18.4 Å². The number of nitrogens with one attached hydrogen (secondary N) is 2. The lowest BCUT2D eigenvalue weighted by atomic mass is 10.1. The fraction of sp³-hybridized carbons (Fsp3) is 0.333. The molecule has 2 aromatic rings. The molecule has 0 fully saturated rings. The zero-order chi connectivity index (χ0) is 19.2. The lowest BCUT2D eigenvalue weighted by molar-refractivity contribution is -0.384. The van der Waals surface area contributed by atoms with Gasteiger partial charge in [-0.2, -0.15) is 13.2 Å². The van der Waals surface area contributed by atoms with Crippen molar-refractivity contribution in [3.63, 3.8) is 0 Å². The molecule has 140 valence electrons. The van der Waals surface area contributed by atoms with Crippen molar-refractivity contribution in [2.45, 2.75) is 19.0 Å². The molecule has 7 nitrogen and oxygen atoms in total. The Morgan fingerprint density at radius 3 is 2.69 bits per heavy atom. The topological polar surface area (TPSA) is 97.2 Å². The van der Waals surface area contributed by atoms with E-state index in [1.165, 1.54) is 11.3 Å². The number of nitrogens with zero attached hydrogens (tertiary/aromatic N) is 2. The number of nitro groups is 1. The molecule has 26 heavy (non-hydrogen) atoms. The first-order valence-corrected chi connectivity index (χ1v) is 8.40. The van der Waals surface area contributed by atoms with Gasteiger partial charge in [-0.3, -0.25) is 14.9 Å². The van der Waals surface area contributed by atoms with Crippen LogP contribution in [-0.2, 0) is 17.4 Å². The summed E-state index contributed by atoms with van der Waals surface area (Å²) in [5.74, 6) is -0.274. The highest BCUT2D eigenvalue weighted by Crippen LogP contribution is 2.34. The van der Waals surface area contributed by atoms with Crippen LogP contribution in [0.15, 0.2) is 29.8 Å². The SMILES string of the molecule is O=C(CCNc1ccc(C(F)(F)F)cc1[N+](=O)[O-])NCCc1nccs1. The summed E-state index contributed by atoms with van der Waals surface area (Å²) in [5, 5.41) is 19.0. The molecule has 1 aromatic heterocycles. The molecule has 0 aliphatic heterocycles. The van der Waals surface area contributed by atoms with Gasteiger partial charge in [0.25, 0.3) is 5.69 Å². The van der Waals surface area contributed by atoms with Crippen molar-refractivity contribution >= 4 is 28.6 Å². The number of carbonyl (C=O) groups excluding carboxylic acids is 1. The summed E-state index contributed by atoms with van der Waals surface area (Å²) < 4.78 is 37.9. The summed E-state index contributed by atoms with van der Waals surface area (Å²) >= 11 is 1.48. The summed E-state index contributed by atoms with van der Waals surface area (Å²) in [5.41, 5.74) is -1.86. The number of anilines is 1. The fourth-order valence-corrected chi connectivity index (χ4v) is 2.71. The van der Waals surface area contributed by atoms with Crippen molar-refractivity contribution in [2.24, 2.45) is 0 Å². The van der Waals surface area contributed by atoms with Gasteiger partial charge in [0.2, 0.25) is 5.91 Å². The quantitative estimate of drug-likeness (QED) is 0.535. The van der Waals surface area contributed by atoms with E-state index in [2.05, 4.69) is 15.6 Å². The molecule has 1 heterocycles. The van der Waals surface area contributed by atoms with Gasteiger partial charge in [0, 0.05) is 43.6 Å². The molecule has 0 spiro atoms. The largest absolute Gasteiger partial charge is 0.416 e. The van der Waals surface area contributed by atoms with Crippen LogP contribution in [0.3, 0.4) is 0 Å². The highest BCUT2D eigenvalue weighted by Gasteiger charge is 2.33. The van der Waals surface area contributed by atoms with Gasteiger partial charge in [0.1, 0.15) is 5.69 Å². The summed E-state index contributed by atoms with van der Waals surface area (Å²) in [7, 11) is 0. The van der Waals surface area contributed by atoms with Crippen LogP contribution < -0.4 is 10.6 Å². The Labute approximate surface area is 150 Å². The Morgan fingerprint density at radius 1 is 1.31 bits per heavy atom. The van der Waals surface area contributed by atoms with Crippen molar-refractivity contribution in [3.05, 3.63) is 50.5 Å². The number of benzene rings is 1. The van der Waals surface area contributed by atoms with Crippen molar-refractivity contribution in [3.8, 4) is 0 Å². The monoisotopic (exact) mass is 388 g/mol. The molecule has 0 radical (unpaired) electrons. The number of halogens is 3. The zero-order valence-corrected chi connectivity index (χ0v) is 14.2. The highest BCUT2D eigenvalue weighted by molar-refractivity contribution is 7.09. The average molecular weight is 388 g/mol. The maximum Gasteiger partial charge on any atom is 0.416 e. The number of nitro benzene ring substituents is 1. The Kier molecular flexibility index (Phi) is 6.50. The van der Waals surface area contributed by atoms with Crippen LogP contribution >= 0.6 is 11.3 Å². The number of rotatable bonds is 8. The van der Waals surface area contributed by atoms with Gasteiger partial charge < -0.3 is 10.6 Å². The van der Waals surface area contributed by atoms with E-state index in [0.717, 1.165) is 17.1 Å². The van der Waals surface area contributed by atoms with Crippen LogP contribution in [0.25, 0.3) is 0 Å². The molecule has 0 atom stereocenters. The van der Waals surface area contributed by atoms with E-state index >= 15 is 0 Å². The molecule has 11 heteroatoms. The molecule has 1 aromatic carbocycles. The van der Waals surface area contributed by atoms with E-state index in [1.807, 2.05) is 5.38 Å². The predicted molar refractivity (Wildman–Crippen MR) is 90.0 cm³/mol. The number of alkyl halides is 3. The molecule has 2 rings (SSSR count). The third kappa shape index (κ3) is 5.69. The standard InChI is InChI=1S/C15H15F3N4O3S/c16-15(17,18)10-1-2-11(12(9-10)22(24)25)19-5-3-13(23)20-6-4-14-21-7-8-26-14/h1-2,7-9,19H,3-6H2,(H,20,23). The van der Waals surface area contributed by atoms with Crippen LogP contribution in [0.1, 0.15) is 17.0 Å². The molecule has 0 saturated carbocycles. The third-order valence-electron chi connectivity index (χ3n) is 3.33. The van der Waals surface area contributed by atoms with Crippen molar-refractivity contribution in [1.29, 1.82) is 0 Å². The lowest BCUT2D eigenvalue weighted by Gasteiger charge is -2.10. The van der Waals surface area contributed by atoms with Crippen molar-refractivity contribution in [1.82, 2.24) is 10.3 Å². The van der Waals surface area contributed by atoms with Crippen LogP contribution in [0.5, 0.6) is 0 Å². The Balaban J connectivity index is 1.84.